The first-order valence-electron chi connectivity index (χ1n) is 7.67. The van der Waals surface area contributed by atoms with Crippen molar-refractivity contribution in [3.05, 3.63) is 76.3 Å². The third-order valence-electron chi connectivity index (χ3n) is 4.62. The van der Waals surface area contributed by atoms with E-state index in [2.05, 4.69) is 4.98 Å². The highest BCUT2D eigenvalue weighted by atomic mass is 16.5. The number of benzene rings is 2. The molecule has 1 saturated carbocycles. The summed E-state index contributed by atoms with van der Waals surface area (Å²) in [5.74, 6) is -0.657. The van der Waals surface area contributed by atoms with Crippen LogP contribution in [0.1, 0.15) is 28.8 Å². The number of hydrogen-bond acceptors (Lipinski definition) is 4. The molecule has 0 unspecified atom stereocenters. The molecule has 24 heavy (non-hydrogen) atoms. The molecule has 1 fully saturated rings. The Balaban J connectivity index is 1.90. The average molecular weight is 321 g/mol. The van der Waals surface area contributed by atoms with Gasteiger partial charge in [-0.1, -0.05) is 30.3 Å². The molecule has 1 aliphatic rings. The maximum absolute atomic E-state index is 13.0. The van der Waals surface area contributed by atoms with Gasteiger partial charge in [-0.15, -0.1) is 0 Å². The monoisotopic (exact) mass is 321 g/mol. The van der Waals surface area contributed by atoms with Crippen molar-refractivity contribution in [1.29, 1.82) is 0 Å². The molecule has 2 N–H and O–H groups in total. The van der Waals surface area contributed by atoms with Gasteiger partial charge >= 0.3 is 0 Å². The second-order valence-electron chi connectivity index (χ2n) is 5.99. The first kappa shape index (κ1) is 14.6. The summed E-state index contributed by atoms with van der Waals surface area (Å²) in [6.07, 6.45) is 3.33. The Kier molecular flexibility index (Phi) is 3.21. The Morgan fingerprint density at radius 2 is 1.92 bits per heavy atom. The smallest absolute Gasteiger partial charge is 0.274 e. The van der Waals surface area contributed by atoms with E-state index < -0.39 is 5.91 Å². The van der Waals surface area contributed by atoms with Gasteiger partial charge in [0, 0.05) is 5.56 Å². The summed E-state index contributed by atoms with van der Waals surface area (Å²) in [5, 5.41) is 9.14. The molecule has 0 saturated heterocycles. The lowest BCUT2D eigenvalue weighted by atomic mass is 10.0. The first-order chi connectivity index (χ1) is 11.7. The molecule has 0 spiro atoms. The fourth-order valence-corrected chi connectivity index (χ4v) is 3.17. The van der Waals surface area contributed by atoms with Crippen molar-refractivity contribution in [2.45, 2.75) is 18.4 Å². The Bertz CT molecular complexity index is 991. The van der Waals surface area contributed by atoms with Gasteiger partial charge in [0.25, 0.3) is 11.5 Å². The molecule has 0 atom stereocenters. The third-order valence-corrected chi connectivity index (χ3v) is 4.62. The highest BCUT2D eigenvalue weighted by Crippen LogP contribution is 2.48. The maximum atomic E-state index is 13.0. The number of rotatable bonds is 3. The average Bonchev–Trinajstić information content (AvgIpc) is 3.43. The van der Waals surface area contributed by atoms with Gasteiger partial charge in [0.1, 0.15) is 0 Å². The largest absolute Gasteiger partial charge is 0.288 e. The fraction of sp³-hybridized carbons (Fsp3) is 0.167. The van der Waals surface area contributed by atoms with Crippen LogP contribution in [0.25, 0.3) is 10.9 Å². The van der Waals surface area contributed by atoms with Gasteiger partial charge in [0.05, 0.1) is 22.8 Å². The van der Waals surface area contributed by atoms with E-state index in [1.807, 2.05) is 30.3 Å². The summed E-state index contributed by atoms with van der Waals surface area (Å²) in [4.78, 5) is 28.9. The van der Waals surface area contributed by atoms with Crippen LogP contribution in [-0.2, 0) is 5.54 Å². The minimum absolute atomic E-state index is 0.186. The zero-order chi connectivity index (χ0) is 16.7. The Morgan fingerprint density at radius 3 is 2.58 bits per heavy atom. The molecule has 1 amide bonds. The van der Waals surface area contributed by atoms with E-state index in [1.165, 1.54) is 12.1 Å². The number of nitrogens with one attached hydrogen (secondary N) is 1. The minimum atomic E-state index is -0.657. The zero-order valence-corrected chi connectivity index (χ0v) is 12.8. The van der Waals surface area contributed by atoms with Gasteiger partial charge in [-0.25, -0.2) is 10.5 Å². The number of carbonyl (C=O) groups excluding carboxylic acids is 1. The Labute approximate surface area is 137 Å². The van der Waals surface area contributed by atoms with Crippen molar-refractivity contribution < 1.29 is 10.0 Å². The van der Waals surface area contributed by atoms with E-state index in [0.717, 1.165) is 18.4 Å². The lowest BCUT2D eigenvalue weighted by molar-refractivity contribution is 0.0706. The van der Waals surface area contributed by atoms with Crippen LogP contribution < -0.4 is 11.0 Å². The van der Waals surface area contributed by atoms with Crippen LogP contribution >= 0.6 is 0 Å². The normalized spacial score (nSPS) is 15.2. The van der Waals surface area contributed by atoms with Gasteiger partial charge in [0.2, 0.25) is 0 Å². The van der Waals surface area contributed by atoms with Crippen LogP contribution in [0, 0.1) is 0 Å². The summed E-state index contributed by atoms with van der Waals surface area (Å²) < 4.78 is 1.66. The molecule has 1 heterocycles. The molecule has 2 aromatic carbocycles. The molecule has 1 aromatic heterocycles. The van der Waals surface area contributed by atoms with Crippen LogP contribution in [0.2, 0.25) is 0 Å². The number of carbonyl (C=O) groups is 1. The molecule has 6 nitrogen and oxygen atoms in total. The van der Waals surface area contributed by atoms with Crippen LogP contribution in [0.3, 0.4) is 0 Å². The maximum Gasteiger partial charge on any atom is 0.274 e. The minimum Gasteiger partial charge on any atom is -0.288 e. The fourth-order valence-electron chi connectivity index (χ4n) is 3.17. The van der Waals surface area contributed by atoms with Gasteiger partial charge < -0.3 is 0 Å². The first-order valence-corrected chi connectivity index (χ1v) is 7.67. The second-order valence-corrected chi connectivity index (χ2v) is 5.99. The zero-order valence-electron chi connectivity index (χ0n) is 12.8. The van der Waals surface area contributed by atoms with Crippen LogP contribution in [0.4, 0.5) is 0 Å². The van der Waals surface area contributed by atoms with Crippen molar-refractivity contribution in [2.75, 3.05) is 0 Å². The summed E-state index contributed by atoms with van der Waals surface area (Å²) in [7, 11) is 0. The number of aromatic nitrogens is 2. The van der Waals surface area contributed by atoms with Gasteiger partial charge in [-0.05, 0) is 36.6 Å². The van der Waals surface area contributed by atoms with E-state index in [-0.39, 0.29) is 16.7 Å². The van der Waals surface area contributed by atoms with E-state index in [4.69, 9.17) is 5.21 Å². The topological polar surface area (TPSA) is 84.2 Å². The van der Waals surface area contributed by atoms with Crippen molar-refractivity contribution in [1.82, 2.24) is 15.0 Å². The van der Waals surface area contributed by atoms with Crippen molar-refractivity contribution in [3.8, 4) is 0 Å². The van der Waals surface area contributed by atoms with E-state index in [0.29, 0.717) is 10.9 Å². The molecule has 4 rings (SSSR count). The SMILES string of the molecule is O=C(NO)c1ccc2ncn(C3(c4ccccc4)CC3)c(=O)c2c1. The van der Waals surface area contributed by atoms with Crippen LogP contribution in [-0.4, -0.2) is 20.7 Å². The summed E-state index contributed by atoms with van der Waals surface area (Å²) in [5.41, 5.74) is 2.86. The Morgan fingerprint density at radius 1 is 1.17 bits per heavy atom. The van der Waals surface area contributed by atoms with Gasteiger partial charge in [-0.2, -0.15) is 0 Å². The van der Waals surface area contributed by atoms with Crippen molar-refractivity contribution in [2.24, 2.45) is 0 Å². The summed E-state index contributed by atoms with van der Waals surface area (Å²) >= 11 is 0. The summed E-state index contributed by atoms with van der Waals surface area (Å²) in [6, 6.07) is 14.5. The van der Waals surface area contributed by atoms with Crippen molar-refractivity contribution in [3.63, 3.8) is 0 Å². The lowest BCUT2D eigenvalue weighted by Gasteiger charge is -2.19. The number of nitrogens with zero attached hydrogens (tertiary/aromatic N) is 2. The predicted molar refractivity (Wildman–Crippen MR) is 88.0 cm³/mol. The molecular weight excluding hydrogens is 306 g/mol. The molecule has 120 valence electrons. The van der Waals surface area contributed by atoms with E-state index in [1.54, 1.807) is 22.4 Å². The van der Waals surface area contributed by atoms with E-state index in [9.17, 15) is 9.59 Å². The molecule has 0 bridgehead atoms. The highest BCUT2D eigenvalue weighted by Gasteiger charge is 2.47. The molecule has 6 heteroatoms. The van der Waals surface area contributed by atoms with Crippen molar-refractivity contribution >= 4 is 16.8 Å². The van der Waals surface area contributed by atoms with Gasteiger partial charge in [0.15, 0.2) is 0 Å². The number of fused-ring (bicyclic) bond motifs is 1. The standard InChI is InChI=1S/C18H15N3O3/c22-16(20-24)12-6-7-15-14(10-12)17(23)21(11-19-15)18(8-9-18)13-4-2-1-3-5-13/h1-7,10-11,24H,8-9H2,(H,20,22). The molecule has 1 aliphatic carbocycles. The van der Waals surface area contributed by atoms with Crippen LogP contribution in [0.15, 0.2) is 59.7 Å². The molecule has 3 aromatic rings. The molecule has 0 aliphatic heterocycles. The highest BCUT2D eigenvalue weighted by molar-refractivity contribution is 5.97. The van der Waals surface area contributed by atoms with Gasteiger partial charge in [-0.3, -0.25) is 19.4 Å². The lowest BCUT2D eigenvalue weighted by Crippen LogP contribution is -2.31. The molecule has 0 radical (unpaired) electrons. The number of hydroxylamine groups is 1. The quantitative estimate of drug-likeness (QED) is 0.571. The third kappa shape index (κ3) is 2.11. The second kappa shape index (κ2) is 5.28. The predicted octanol–water partition coefficient (Wildman–Crippen LogP) is 2.05. The summed E-state index contributed by atoms with van der Waals surface area (Å²) in [6.45, 7) is 0. The number of amides is 1. The number of hydrogen-bond donors (Lipinski definition) is 2. The van der Waals surface area contributed by atoms with Crippen LogP contribution in [0.5, 0.6) is 0 Å². The van der Waals surface area contributed by atoms with E-state index >= 15 is 0 Å². The Hall–Kier alpha value is -2.99. The molecular formula is C18H15N3O3.